The van der Waals surface area contributed by atoms with Gasteiger partial charge in [0.1, 0.15) is 11.9 Å². The summed E-state index contributed by atoms with van der Waals surface area (Å²) < 4.78 is 12.1. The number of ether oxygens (including phenoxy) is 1. The van der Waals surface area contributed by atoms with Crippen LogP contribution in [0.3, 0.4) is 0 Å². The van der Waals surface area contributed by atoms with Gasteiger partial charge in [-0.3, -0.25) is 4.90 Å². The molecule has 5 nitrogen and oxygen atoms in total. The molecular weight excluding hydrogens is 386 g/mol. The molecule has 0 spiro atoms. The van der Waals surface area contributed by atoms with Crippen molar-refractivity contribution in [2.24, 2.45) is 5.73 Å². The molecule has 5 rings (SSSR count). The molecule has 1 aliphatic heterocycles. The van der Waals surface area contributed by atoms with Crippen LogP contribution in [-0.4, -0.2) is 35.2 Å². The summed E-state index contributed by atoms with van der Waals surface area (Å²) in [5.41, 5.74) is 9.69. The Morgan fingerprint density at radius 2 is 2.07 bits per heavy atom. The van der Waals surface area contributed by atoms with Crippen molar-refractivity contribution in [3.8, 4) is 17.1 Å². The maximum atomic E-state index is 6.68. The highest BCUT2D eigenvalue weighted by molar-refractivity contribution is 6.30. The molecule has 150 valence electrons. The fourth-order valence-electron chi connectivity index (χ4n) is 4.63. The Labute approximate surface area is 175 Å². The summed E-state index contributed by atoms with van der Waals surface area (Å²) in [5, 5.41) is 4.47. The predicted octanol–water partition coefficient (Wildman–Crippen LogP) is 4.46. The largest absolute Gasteiger partial charge is 0.483 e. The molecule has 2 aliphatic rings. The fraction of sp³-hybridized carbons (Fsp3) is 0.348. The number of rotatable bonds is 4. The molecule has 3 atom stereocenters. The van der Waals surface area contributed by atoms with Crippen LogP contribution in [0, 0.1) is 0 Å². The van der Waals surface area contributed by atoms with Crippen molar-refractivity contribution in [3.05, 3.63) is 70.9 Å². The third-order valence-electron chi connectivity index (χ3n) is 6.00. The Morgan fingerprint density at radius 1 is 1.17 bits per heavy atom. The number of halogens is 1. The van der Waals surface area contributed by atoms with Gasteiger partial charge in [0.05, 0.1) is 17.8 Å². The zero-order valence-corrected chi connectivity index (χ0v) is 16.9. The maximum absolute atomic E-state index is 6.68. The first-order valence-electron chi connectivity index (χ1n) is 10.1. The van der Waals surface area contributed by atoms with Gasteiger partial charge in [0.2, 0.25) is 0 Å². The van der Waals surface area contributed by atoms with Crippen LogP contribution in [0.5, 0.6) is 5.75 Å². The summed E-state index contributed by atoms with van der Waals surface area (Å²) in [6.07, 6.45) is 4.75. The van der Waals surface area contributed by atoms with Crippen molar-refractivity contribution < 1.29 is 9.26 Å². The van der Waals surface area contributed by atoms with Gasteiger partial charge in [0.25, 0.3) is 0 Å². The predicted molar refractivity (Wildman–Crippen MR) is 113 cm³/mol. The number of piperidine rings is 1. The van der Waals surface area contributed by atoms with E-state index in [2.05, 4.69) is 34.3 Å². The molecule has 0 saturated carbocycles. The molecule has 0 amide bonds. The molecule has 1 fully saturated rings. The summed E-state index contributed by atoms with van der Waals surface area (Å²) in [7, 11) is 0. The molecule has 29 heavy (non-hydrogen) atoms. The standard InChI is InChI=1S/C23H24ClN3O2/c24-16-7-8-21(19(13-16)22-9-10-26-29-22)28-23-18-6-2-1-4-15(18)12-20(23)27-11-3-5-17(25)14-27/h1-2,4,6-10,13,17,20,23H,3,5,11-12,14,25H2/t17-,20-,23-/m1/s1. The van der Waals surface area contributed by atoms with Crippen LogP contribution in [0.4, 0.5) is 0 Å². The van der Waals surface area contributed by atoms with Crippen LogP contribution < -0.4 is 10.5 Å². The van der Waals surface area contributed by atoms with Gasteiger partial charge in [-0.25, -0.2) is 0 Å². The summed E-state index contributed by atoms with van der Waals surface area (Å²) >= 11 is 6.26. The number of likely N-dealkylation sites (tertiary alicyclic amines) is 1. The van der Waals surface area contributed by atoms with Gasteiger partial charge >= 0.3 is 0 Å². The lowest BCUT2D eigenvalue weighted by molar-refractivity contribution is 0.0595. The first kappa shape index (κ1) is 18.7. The molecule has 6 heteroatoms. The second kappa shape index (κ2) is 7.82. The summed E-state index contributed by atoms with van der Waals surface area (Å²) in [4.78, 5) is 2.50. The van der Waals surface area contributed by atoms with E-state index in [0.717, 1.165) is 43.7 Å². The Hall–Kier alpha value is -2.34. The number of nitrogens with zero attached hydrogens (tertiary/aromatic N) is 2. The van der Waals surface area contributed by atoms with Crippen molar-refractivity contribution in [2.75, 3.05) is 13.1 Å². The molecule has 1 aliphatic carbocycles. The smallest absolute Gasteiger partial charge is 0.170 e. The quantitative estimate of drug-likeness (QED) is 0.689. The van der Waals surface area contributed by atoms with Gasteiger partial charge in [-0.2, -0.15) is 0 Å². The van der Waals surface area contributed by atoms with E-state index >= 15 is 0 Å². The Balaban J connectivity index is 1.51. The Bertz CT molecular complexity index is 992. The van der Waals surface area contributed by atoms with E-state index in [9.17, 15) is 0 Å². The van der Waals surface area contributed by atoms with Gasteiger partial charge in [-0.05, 0) is 55.1 Å². The number of fused-ring (bicyclic) bond motifs is 1. The SMILES string of the molecule is N[C@@H]1CCCN([C@@H]2Cc3ccccc3[C@H]2Oc2ccc(Cl)cc2-c2ccno2)C1. The van der Waals surface area contributed by atoms with Crippen LogP contribution in [0.1, 0.15) is 30.1 Å². The van der Waals surface area contributed by atoms with Crippen LogP contribution in [0.25, 0.3) is 11.3 Å². The maximum Gasteiger partial charge on any atom is 0.170 e. The second-order valence-corrected chi connectivity index (χ2v) is 8.36. The van der Waals surface area contributed by atoms with Crippen molar-refractivity contribution >= 4 is 11.6 Å². The molecular formula is C23H24ClN3O2. The molecule has 2 N–H and O–H groups in total. The highest BCUT2D eigenvalue weighted by Gasteiger charge is 2.39. The minimum Gasteiger partial charge on any atom is -0.483 e. The minimum atomic E-state index is -0.0700. The molecule has 1 saturated heterocycles. The third-order valence-corrected chi connectivity index (χ3v) is 6.23. The number of aromatic nitrogens is 1. The lowest BCUT2D eigenvalue weighted by atomic mass is 10.0. The summed E-state index contributed by atoms with van der Waals surface area (Å²) in [6.45, 7) is 1.97. The Morgan fingerprint density at radius 3 is 2.90 bits per heavy atom. The van der Waals surface area contributed by atoms with Crippen molar-refractivity contribution in [1.82, 2.24) is 10.1 Å². The van der Waals surface area contributed by atoms with Crippen molar-refractivity contribution in [3.63, 3.8) is 0 Å². The van der Waals surface area contributed by atoms with Gasteiger partial charge in [0.15, 0.2) is 5.76 Å². The molecule has 2 aromatic carbocycles. The van der Waals surface area contributed by atoms with Gasteiger partial charge in [-0.15, -0.1) is 0 Å². The molecule has 1 aromatic heterocycles. The highest BCUT2D eigenvalue weighted by atomic mass is 35.5. The van der Waals surface area contributed by atoms with Gasteiger partial charge < -0.3 is 15.0 Å². The van der Waals surface area contributed by atoms with E-state index in [0.29, 0.717) is 10.8 Å². The molecule has 2 heterocycles. The van der Waals surface area contributed by atoms with Crippen LogP contribution >= 0.6 is 11.6 Å². The van der Waals surface area contributed by atoms with E-state index in [1.165, 1.54) is 11.1 Å². The Kier molecular flexibility index (Phi) is 5.04. The van der Waals surface area contributed by atoms with E-state index in [4.69, 9.17) is 26.6 Å². The minimum absolute atomic E-state index is 0.0700. The highest BCUT2D eigenvalue weighted by Crippen LogP contribution is 2.42. The summed E-state index contributed by atoms with van der Waals surface area (Å²) in [6, 6.07) is 16.5. The number of benzene rings is 2. The molecule has 0 unspecified atom stereocenters. The average molecular weight is 410 g/mol. The second-order valence-electron chi connectivity index (χ2n) is 7.92. The van der Waals surface area contributed by atoms with Crippen LogP contribution in [0.2, 0.25) is 5.02 Å². The number of nitrogens with two attached hydrogens (primary N) is 1. The van der Waals surface area contributed by atoms with E-state index in [1.54, 1.807) is 6.20 Å². The van der Waals surface area contributed by atoms with E-state index < -0.39 is 0 Å². The zero-order valence-electron chi connectivity index (χ0n) is 16.1. The number of hydrogen-bond donors (Lipinski definition) is 1. The number of hydrogen-bond acceptors (Lipinski definition) is 5. The van der Waals surface area contributed by atoms with Crippen LogP contribution in [0.15, 0.2) is 59.3 Å². The molecule has 3 aromatic rings. The van der Waals surface area contributed by atoms with Crippen molar-refractivity contribution in [1.29, 1.82) is 0 Å². The lowest BCUT2D eigenvalue weighted by Gasteiger charge is -2.38. The first-order chi connectivity index (χ1) is 14.2. The zero-order chi connectivity index (χ0) is 19.8. The average Bonchev–Trinajstić information content (AvgIpc) is 3.38. The lowest BCUT2D eigenvalue weighted by Crippen LogP contribution is -2.49. The monoisotopic (exact) mass is 409 g/mol. The van der Waals surface area contributed by atoms with Crippen LogP contribution in [-0.2, 0) is 6.42 Å². The normalized spacial score (nSPS) is 24.4. The fourth-order valence-corrected chi connectivity index (χ4v) is 4.80. The first-order valence-corrected chi connectivity index (χ1v) is 10.5. The van der Waals surface area contributed by atoms with E-state index in [1.807, 2.05) is 24.3 Å². The molecule has 0 radical (unpaired) electrons. The van der Waals surface area contributed by atoms with Crippen molar-refractivity contribution in [2.45, 2.75) is 37.5 Å². The third kappa shape index (κ3) is 3.66. The van der Waals surface area contributed by atoms with Gasteiger partial charge in [0, 0.05) is 23.7 Å². The molecule has 0 bridgehead atoms. The topological polar surface area (TPSA) is 64.5 Å². The van der Waals surface area contributed by atoms with E-state index in [-0.39, 0.29) is 18.2 Å². The summed E-state index contributed by atoms with van der Waals surface area (Å²) in [5.74, 6) is 1.39. The van der Waals surface area contributed by atoms with Gasteiger partial charge in [-0.1, -0.05) is 41.0 Å².